The van der Waals surface area contributed by atoms with Crippen molar-refractivity contribution in [3.05, 3.63) is 33.8 Å². The molecule has 0 amide bonds. The first-order valence-electron chi connectivity index (χ1n) is 3.90. The number of hydrogen-bond acceptors (Lipinski definition) is 1. The van der Waals surface area contributed by atoms with Crippen molar-refractivity contribution in [3.8, 4) is 0 Å². The van der Waals surface area contributed by atoms with E-state index in [0.717, 1.165) is 6.07 Å². The predicted molar refractivity (Wildman–Crippen MR) is 47.2 cm³/mol. The quantitative estimate of drug-likeness (QED) is 0.758. The Kier molecular flexibility index (Phi) is 1.92. The van der Waals surface area contributed by atoms with Crippen LogP contribution in [0.25, 0.3) is 0 Å². The minimum Gasteiger partial charge on any atom is -0.385 e. The summed E-state index contributed by atoms with van der Waals surface area (Å²) in [6.07, 6.45) is 1.23. The standard InChI is InChI=1S/C9H7BrF2O/c10-6-3-5(9(13)1-2-9)4-7(11)8(6)12/h3-4,13H,1-2H2. The first kappa shape index (κ1) is 9.09. The summed E-state index contributed by atoms with van der Waals surface area (Å²) in [5, 5.41) is 9.63. The Hall–Kier alpha value is -0.480. The van der Waals surface area contributed by atoms with Crippen LogP contribution < -0.4 is 0 Å². The fourth-order valence-electron chi connectivity index (χ4n) is 1.23. The van der Waals surface area contributed by atoms with Gasteiger partial charge >= 0.3 is 0 Å². The monoisotopic (exact) mass is 248 g/mol. The SMILES string of the molecule is OC1(c2cc(F)c(F)c(Br)c2)CC1. The highest BCUT2D eigenvalue weighted by Crippen LogP contribution is 2.46. The Balaban J connectivity index is 2.50. The zero-order valence-electron chi connectivity index (χ0n) is 6.65. The van der Waals surface area contributed by atoms with Crippen molar-refractivity contribution in [3.63, 3.8) is 0 Å². The Morgan fingerprint density at radius 2 is 1.92 bits per heavy atom. The Morgan fingerprint density at radius 1 is 1.31 bits per heavy atom. The van der Waals surface area contributed by atoms with E-state index in [9.17, 15) is 13.9 Å². The molecule has 1 aliphatic carbocycles. The van der Waals surface area contributed by atoms with Gasteiger partial charge < -0.3 is 5.11 Å². The Bertz CT molecular complexity index is 338. The first-order chi connectivity index (χ1) is 6.03. The molecule has 0 bridgehead atoms. The summed E-state index contributed by atoms with van der Waals surface area (Å²) in [5.41, 5.74) is -0.477. The van der Waals surface area contributed by atoms with Crippen molar-refractivity contribution in [2.45, 2.75) is 18.4 Å². The number of aliphatic hydroxyl groups is 1. The van der Waals surface area contributed by atoms with Crippen LogP contribution >= 0.6 is 15.9 Å². The molecule has 1 aromatic carbocycles. The van der Waals surface area contributed by atoms with Gasteiger partial charge in [0.25, 0.3) is 0 Å². The van der Waals surface area contributed by atoms with Gasteiger partial charge in [0.1, 0.15) is 0 Å². The maximum Gasteiger partial charge on any atom is 0.172 e. The maximum atomic E-state index is 12.9. The zero-order chi connectivity index (χ0) is 9.64. The lowest BCUT2D eigenvalue weighted by atomic mass is 10.1. The molecule has 13 heavy (non-hydrogen) atoms. The molecule has 70 valence electrons. The minimum atomic E-state index is -0.926. The van der Waals surface area contributed by atoms with Crippen molar-refractivity contribution in [1.82, 2.24) is 0 Å². The zero-order valence-corrected chi connectivity index (χ0v) is 8.24. The van der Waals surface area contributed by atoms with Gasteiger partial charge in [-0.05, 0) is 46.5 Å². The molecular formula is C9H7BrF2O. The molecule has 1 saturated carbocycles. The van der Waals surface area contributed by atoms with Gasteiger partial charge in [0.05, 0.1) is 10.1 Å². The van der Waals surface area contributed by atoms with Gasteiger partial charge in [-0.2, -0.15) is 0 Å². The van der Waals surface area contributed by atoms with Crippen LogP contribution in [-0.4, -0.2) is 5.11 Å². The summed E-state index contributed by atoms with van der Waals surface area (Å²) < 4.78 is 25.8. The smallest absolute Gasteiger partial charge is 0.172 e. The van der Waals surface area contributed by atoms with Gasteiger partial charge in [-0.15, -0.1) is 0 Å². The molecule has 0 aromatic heterocycles. The van der Waals surface area contributed by atoms with Crippen LogP contribution in [0.5, 0.6) is 0 Å². The molecule has 4 heteroatoms. The third-order valence-corrected chi connectivity index (χ3v) is 2.82. The molecule has 1 fully saturated rings. The van der Waals surface area contributed by atoms with Gasteiger partial charge in [-0.3, -0.25) is 0 Å². The minimum absolute atomic E-state index is 0.0582. The molecule has 0 radical (unpaired) electrons. The molecule has 0 saturated heterocycles. The summed E-state index contributed by atoms with van der Waals surface area (Å²) in [5.74, 6) is -1.84. The van der Waals surface area contributed by atoms with Gasteiger partial charge in [-0.25, -0.2) is 8.78 Å². The summed E-state index contributed by atoms with van der Waals surface area (Å²) in [6, 6.07) is 2.47. The fourth-order valence-corrected chi connectivity index (χ4v) is 1.67. The second kappa shape index (κ2) is 2.75. The molecule has 1 aromatic rings. The second-order valence-corrected chi connectivity index (χ2v) is 4.14. The Morgan fingerprint density at radius 3 is 2.38 bits per heavy atom. The molecular weight excluding hydrogens is 242 g/mol. The number of rotatable bonds is 1. The van der Waals surface area contributed by atoms with Crippen molar-refractivity contribution in [1.29, 1.82) is 0 Å². The van der Waals surface area contributed by atoms with Crippen LogP contribution in [0.3, 0.4) is 0 Å². The van der Waals surface area contributed by atoms with Crippen LogP contribution in [0.4, 0.5) is 8.78 Å². The second-order valence-electron chi connectivity index (χ2n) is 3.29. The topological polar surface area (TPSA) is 20.2 Å². The third-order valence-electron chi connectivity index (χ3n) is 2.24. The van der Waals surface area contributed by atoms with Crippen LogP contribution in [0.15, 0.2) is 16.6 Å². The van der Waals surface area contributed by atoms with Crippen LogP contribution in [0, 0.1) is 11.6 Å². The molecule has 0 aliphatic heterocycles. The van der Waals surface area contributed by atoms with E-state index < -0.39 is 17.2 Å². The highest BCUT2D eigenvalue weighted by Gasteiger charge is 2.42. The molecule has 0 unspecified atom stereocenters. The molecule has 1 aliphatic rings. The molecule has 1 nitrogen and oxygen atoms in total. The van der Waals surface area contributed by atoms with Gasteiger partial charge in [0.2, 0.25) is 0 Å². The van der Waals surface area contributed by atoms with E-state index in [0.29, 0.717) is 18.4 Å². The van der Waals surface area contributed by atoms with E-state index in [-0.39, 0.29) is 4.47 Å². The Labute approximate surface area is 82.5 Å². The number of hydrogen-bond donors (Lipinski definition) is 1. The largest absolute Gasteiger partial charge is 0.385 e. The van der Waals surface area contributed by atoms with Crippen LogP contribution in [-0.2, 0) is 5.60 Å². The van der Waals surface area contributed by atoms with E-state index in [2.05, 4.69) is 15.9 Å². The van der Waals surface area contributed by atoms with Crippen LogP contribution in [0.1, 0.15) is 18.4 Å². The molecule has 2 rings (SSSR count). The molecule has 1 N–H and O–H groups in total. The van der Waals surface area contributed by atoms with Crippen molar-refractivity contribution in [2.24, 2.45) is 0 Å². The summed E-state index contributed by atoms with van der Waals surface area (Å²) >= 11 is 2.89. The van der Waals surface area contributed by atoms with Gasteiger partial charge in [-0.1, -0.05) is 0 Å². The normalized spacial score (nSPS) is 18.8. The average molecular weight is 249 g/mol. The van der Waals surface area contributed by atoms with Crippen molar-refractivity contribution in [2.75, 3.05) is 0 Å². The summed E-state index contributed by atoms with van der Waals surface area (Å²) in [7, 11) is 0. The van der Waals surface area contributed by atoms with Crippen molar-refractivity contribution >= 4 is 15.9 Å². The number of benzene rings is 1. The third kappa shape index (κ3) is 1.48. The van der Waals surface area contributed by atoms with Gasteiger partial charge in [0.15, 0.2) is 11.6 Å². The highest BCUT2D eigenvalue weighted by atomic mass is 79.9. The average Bonchev–Trinajstić information content (AvgIpc) is 2.80. The fraction of sp³-hybridized carbons (Fsp3) is 0.333. The van der Waals surface area contributed by atoms with Gasteiger partial charge in [0, 0.05) is 0 Å². The van der Waals surface area contributed by atoms with E-state index >= 15 is 0 Å². The van der Waals surface area contributed by atoms with E-state index in [1.165, 1.54) is 6.07 Å². The van der Waals surface area contributed by atoms with E-state index in [1.807, 2.05) is 0 Å². The van der Waals surface area contributed by atoms with E-state index in [4.69, 9.17) is 0 Å². The summed E-state index contributed by atoms with van der Waals surface area (Å²) in [6.45, 7) is 0. The first-order valence-corrected chi connectivity index (χ1v) is 4.70. The lowest BCUT2D eigenvalue weighted by Gasteiger charge is -2.08. The van der Waals surface area contributed by atoms with Crippen molar-refractivity contribution < 1.29 is 13.9 Å². The molecule has 0 heterocycles. The molecule has 0 spiro atoms. The van der Waals surface area contributed by atoms with E-state index in [1.54, 1.807) is 0 Å². The summed E-state index contributed by atoms with van der Waals surface area (Å²) in [4.78, 5) is 0. The number of halogens is 3. The highest BCUT2D eigenvalue weighted by molar-refractivity contribution is 9.10. The maximum absolute atomic E-state index is 12.9. The predicted octanol–water partition coefficient (Wildman–Crippen LogP) is 2.71. The van der Waals surface area contributed by atoms with Crippen LogP contribution in [0.2, 0.25) is 0 Å². The lowest BCUT2D eigenvalue weighted by Crippen LogP contribution is -2.05. The lowest BCUT2D eigenvalue weighted by molar-refractivity contribution is 0.151. The molecule has 0 atom stereocenters.